The van der Waals surface area contributed by atoms with E-state index in [1.165, 1.54) is 0 Å². The lowest BCUT2D eigenvalue weighted by Gasteiger charge is -2.25. The minimum absolute atomic E-state index is 0.170. The molecule has 9 nitrogen and oxygen atoms in total. The van der Waals surface area contributed by atoms with Crippen LogP contribution in [0, 0.1) is 0 Å². The topological polar surface area (TPSA) is 108 Å². The summed E-state index contributed by atoms with van der Waals surface area (Å²) in [6.45, 7) is 4.58. The molecule has 0 radical (unpaired) electrons. The Balaban J connectivity index is 4.29. The Bertz CT molecular complexity index is 2130. The number of carboxylic acid groups (broad SMARTS) is 1. The van der Waals surface area contributed by atoms with Gasteiger partial charge >= 0.3 is 17.9 Å². The first kappa shape index (κ1) is 81.1. The molecule has 0 rings (SSSR count). The Labute approximate surface area is 532 Å². The number of unbranched alkanes of at least 4 members (excludes halogenated alkanes) is 12. The van der Waals surface area contributed by atoms with E-state index in [-0.39, 0.29) is 38.6 Å². The van der Waals surface area contributed by atoms with Crippen molar-refractivity contribution in [2.75, 3.05) is 47.5 Å². The van der Waals surface area contributed by atoms with Gasteiger partial charge in [-0.25, -0.2) is 4.79 Å². The van der Waals surface area contributed by atoms with Crippen LogP contribution < -0.4 is 0 Å². The highest BCUT2D eigenvalue weighted by Gasteiger charge is 2.25. The van der Waals surface area contributed by atoms with Crippen LogP contribution in [-0.2, 0) is 33.3 Å². The van der Waals surface area contributed by atoms with Crippen molar-refractivity contribution in [3.63, 3.8) is 0 Å². The third-order valence-electron chi connectivity index (χ3n) is 13.3. The van der Waals surface area contributed by atoms with Crippen LogP contribution in [0.1, 0.15) is 219 Å². The van der Waals surface area contributed by atoms with Crippen molar-refractivity contribution in [1.82, 2.24) is 0 Å². The number of carboxylic acids is 1. The highest BCUT2D eigenvalue weighted by molar-refractivity contribution is 5.71. The lowest BCUT2D eigenvalue weighted by atomic mass is 10.1. The SMILES string of the molecule is CC/C=C\C/C=C\C/C=C\C/C=C\C/C=C\C/C=C\C/C=C\C/C=C\C/C=C\C/C=C\CCCCCCCCC(=O)OC(COC(=O)CCCCCCCC/C=C\C/C=C\C/C=C\C/C=C\C/C=C\C/C=C\CC)COC(OCC[N+](C)(C)C)C(=O)O. The minimum Gasteiger partial charge on any atom is -0.477 e. The number of esters is 2. The summed E-state index contributed by atoms with van der Waals surface area (Å²) in [5.41, 5.74) is 0. The highest BCUT2D eigenvalue weighted by atomic mass is 16.7. The zero-order valence-electron chi connectivity index (χ0n) is 55.3. The Hall–Kier alpha value is -5.87. The largest absolute Gasteiger partial charge is 0.477 e. The number of aliphatic carboxylic acids is 1. The normalized spacial score (nSPS) is 14.0. The number of carbonyl (C=O) groups is 3. The van der Waals surface area contributed by atoms with Gasteiger partial charge in [0.15, 0.2) is 6.10 Å². The summed E-state index contributed by atoms with van der Waals surface area (Å²) in [6.07, 6.45) is 99.5. The molecule has 486 valence electrons. The lowest BCUT2D eigenvalue weighted by Crippen LogP contribution is -2.40. The summed E-state index contributed by atoms with van der Waals surface area (Å²) in [4.78, 5) is 37.6. The predicted octanol–water partition coefficient (Wildman–Crippen LogP) is 21.0. The number of nitrogens with zero attached hydrogens (tertiary/aromatic N) is 1. The quantitative estimate of drug-likeness (QED) is 0.0211. The van der Waals surface area contributed by atoms with E-state index in [0.29, 0.717) is 23.9 Å². The Morgan fingerprint density at radius 1 is 0.345 bits per heavy atom. The number of likely N-dealkylation sites (N-methyl/N-ethyl adjacent to an activating group) is 1. The molecule has 0 bridgehead atoms. The van der Waals surface area contributed by atoms with Gasteiger partial charge in [-0.15, -0.1) is 0 Å². The molecule has 0 aromatic heterocycles. The lowest BCUT2D eigenvalue weighted by molar-refractivity contribution is -0.870. The number of ether oxygens (including phenoxy) is 4. The summed E-state index contributed by atoms with van der Waals surface area (Å²) >= 11 is 0. The summed E-state index contributed by atoms with van der Waals surface area (Å²) in [5.74, 6) is -2.07. The number of rotatable bonds is 59. The first-order chi connectivity index (χ1) is 42.6. The molecular weight excluding hydrogens is 1080 g/mol. The van der Waals surface area contributed by atoms with E-state index in [1.807, 2.05) is 21.1 Å². The molecule has 87 heavy (non-hydrogen) atoms. The van der Waals surface area contributed by atoms with E-state index >= 15 is 0 Å². The van der Waals surface area contributed by atoms with Gasteiger partial charge in [0.1, 0.15) is 13.2 Å². The number of quaternary nitrogens is 1. The zero-order chi connectivity index (χ0) is 63.3. The Morgan fingerprint density at radius 3 is 0.920 bits per heavy atom. The molecule has 0 amide bonds. The molecule has 0 heterocycles. The van der Waals surface area contributed by atoms with Crippen LogP contribution >= 0.6 is 0 Å². The molecule has 0 aliphatic carbocycles. The molecule has 0 spiro atoms. The molecule has 0 saturated heterocycles. The van der Waals surface area contributed by atoms with Gasteiger partial charge in [-0.1, -0.05) is 260 Å². The van der Waals surface area contributed by atoms with E-state index in [9.17, 15) is 19.5 Å². The third kappa shape index (κ3) is 67.5. The Morgan fingerprint density at radius 2 is 0.621 bits per heavy atom. The van der Waals surface area contributed by atoms with Crippen molar-refractivity contribution in [1.29, 1.82) is 0 Å². The molecule has 0 aromatic carbocycles. The maximum Gasteiger partial charge on any atom is 0.361 e. The van der Waals surface area contributed by atoms with Crippen molar-refractivity contribution >= 4 is 17.9 Å². The molecule has 0 saturated carbocycles. The molecule has 0 aliphatic heterocycles. The zero-order valence-corrected chi connectivity index (χ0v) is 55.3. The van der Waals surface area contributed by atoms with Crippen LogP contribution in [0.3, 0.4) is 0 Å². The minimum atomic E-state index is -1.53. The van der Waals surface area contributed by atoms with Gasteiger partial charge in [0, 0.05) is 12.8 Å². The van der Waals surface area contributed by atoms with Crippen LogP contribution in [-0.4, -0.2) is 87.4 Å². The van der Waals surface area contributed by atoms with E-state index in [2.05, 4.69) is 208 Å². The molecular formula is C78H122NO8+. The van der Waals surface area contributed by atoms with Gasteiger partial charge < -0.3 is 28.5 Å². The molecule has 2 unspecified atom stereocenters. The van der Waals surface area contributed by atoms with Crippen LogP contribution in [0.25, 0.3) is 0 Å². The average molecular weight is 1200 g/mol. The molecule has 2 atom stereocenters. The molecule has 0 fully saturated rings. The van der Waals surface area contributed by atoms with Gasteiger partial charge in [-0.3, -0.25) is 9.59 Å². The van der Waals surface area contributed by atoms with Crippen molar-refractivity contribution in [3.8, 4) is 0 Å². The summed E-state index contributed by atoms with van der Waals surface area (Å²) in [6, 6.07) is 0. The number of hydrogen-bond donors (Lipinski definition) is 1. The van der Waals surface area contributed by atoms with Gasteiger partial charge in [-0.05, 0) is 141 Å². The first-order valence-corrected chi connectivity index (χ1v) is 33.6. The monoisotopic (exact) mass is 1200 g/mol. The van der Waals surface area contributed by atoms with Crippen LogP contribution in [0.5, 0.6) is 0 Å². The second kappa shape index (κ2) is 66.1. The van der Waals surface area contributed by atoms with Crippen molar-refractivity contribution in [2.45, 2.75) is 232 Å². The van der Waals surface area contributed by atoms with Gasteiger partial charge in [-0.2, -0.15) is 0 Å². The van der Waals surface area contributed by atoms with Gasteiger partial charge in [0.05, 0.1) is 34.4 Å². The maximum atomic E-state index is 12.9. The van der Waals surface area contributed by atoms with Crippen molar-refractivity contribution in [3.05, 3.63) is 194 Å². The fraction of sp³-hybridized carbons (Fsp3) is 0.551. The standard InChI is InChI=1S/C78H121NO8/c1-6-8-10-12-14-16-18-20-22-24-26-28-30-32-33-34-35-36-37-38-39-40-41-42-43-45-47-49-51-53-55-57-59-61-63-65-67-69-76(81)87-74(73-86-78(77(82)83)84-71-70-79(3,4)5)72-85-75(80)68-66-64-62-60-58-56-54-52-50-48-46-44-31-29-27-25-23-21-19-17-15-13-11-9-7-2/h8-11,14-17,20-23,26-29,32-33,35-36,38-39,41-42,44-47,50-53,74,78H,6-7,12-13,18-19,24-25,30-31,34,37,40,43,48-49,54-73H2,1-5H3/p+1/b10-8-,11-9-,16-14-,17-15-,22-20-,23-21-,28-26-,29-27-,33-32-,36-35-,39-38-,42-41-,46-44-,47-45-,52-50-,53-51-. The number of allylic oxidation sites excluding steroid dienone is 32. The van der Waals surface area contributed by atoms with Crippen molar-refractivity contribution < 1.29 is 42.9 Å². The van der Waals surface area contributed by atoms with E-state index < -0.39 is 24.3 Å². The van der Waals surface area contributed by atoms with Crippen molar-refractivity contribution in [2.24, 2.45) is 0 Å². The van der Waals surface area contributed by atoms with Gasteiger partial charge in [0.2, 0.25) is 0 Å². The van der Waals surface area contributed by atoms with Gasteiger partial charge in [0.25, 0.3) is 6.29 Å². The van der Waals surface area contributed by atoms with Crippen LogP contribution in [0.4, 0.5) is 0 Å². The summed E-state index contributed by atoms with van der Waals surface area (Å²) in [7, 11) is 5.95. The highest BCUT2D eigenvalue weighted by Crippen LogP contribution is 2.14. The molecule has 0 aromatic rings. The Kier molecular flexibility index (Phi) is 61.6. The maximum absolute atomic E-state index is 12.9. The smallest absolute Gasteiger partial charge is 0.361 e. The fourth-order valence-corrected chi connectivity index (χ4v) is 8.28. The average Bonchev–Trinajstić information content (AvgIpc) is 3.57. The molecule has 9 heteroatoms. The molecule has 1 N–H and O–H groups in total. The summed E-state index contributed by atoms with van der Waals surface area (Å²) in [5, 5.41) is 9.74. The van der Waals surface area contributed by atoms with E-state index in [0.717, 1.165) is 180 Å². The van der Waals surface area contributed by atoms with E-state index in [4.69, 9.17) is 18.9 Å². The van der Waals surface area contributed by atoms with E-state index in [1.54, 1.807) is 0 Å². The number of carbonyl (C=O) groups excluding carboxylic acids is 2. The number of hydrogen-bond acceptors (Lipinski definition) is 7. The summed E-state index contributed by atoms with van der Waals surface area (Å²) < 4.78 is 22.9. The second-order valence-corrected chi connectivity index (χ2v) is 22.7. The van der Waals surface area contributed by atoms with Crippen LogP contribution in [0.2, 0.25) is 0 Å². The molecule has 0 aliphatic rings. The van der Waals surface area contributed by atoms with Crippen LogP contribution in [0.15, 0.2) is 194 Å². The third-order valence-corrected chi connectivity index (χ3v) is 13.3. The second-order valence-electron chi connectivity index (χ2n) is 22.7. The fourth-order valence-electron chi connectivity index (χ4n) is 8.28. The predicted molar refractivity (Wildman–Crippen MR) is 372 cm³/mol. The first-order valence-electron chi connectivity index (χ1n) is 33.6.